The van der Waals surface area contributed by atoms with Crippen molar-refractivity contribution in [3.63, 3.8) is 0 Å². The van der Waals surface area contributed by atoms with Crippen LogP contribution in [0.1, 0.15) is 11.1 Å². The van der Waals surface area contributed by atoms with E-state index < -0.39 is 10.0 Å². The molecule has 1 amide bonds. The van der Waals surface area contributed by atoms with Gasteiger partial charge in [0.2, 0.25) is 15.9 Å². The Morgan fingerprint density at radius 2 is 1.79 bits per heavy atom. The maximum Gasteiger partial charge on any atom is 0.238 e. The molecule has 1 heterocycles. The Morgan fingerprint density at radius 1 is 1.10 bits per heavy atom. The smallest absolute Gasteiger partial charge is 0.238 e. The topological polar surface area (TPSA) is 69.7 Å². The number of amides is 1. The van der Waals surface area contributed by atoms with Gasteiger partial charge < -0.3 is 5.32 Å². The molecular weight excluding hydrogens is 454 g/mol. The van der Waals surface area contributed by atoms with Crippen LogP contribution in [0.5, 0.6) is 0 Å². The van der Waals surface area contributed by atoms with Crippen LogP contribution in [-0.2, 0) is 14.8 Å². The quantitative estimate of drug-likeness (QED) is 0.692. The molecule has 2 aromatic rings. The molecule has 0 radical (unpaired) electrons. The molecule has 0 saturated carbocycles. The molecular formula is C21H24BrN3O3S. The predicted molar refractivity (Wildman–Crippen MR) is 120 cm³/mol. The van der Waals surface area contributed by atoms with Crippen LogP contribution in [0, 0.1) is 6.92 Å². The second-order valence-corrected chi connectivity index (χ2v) is 9.64. The second-order valence-electron chi connectivity index (χ2n) is 6.97. The highest BCUT2D eigenvalue weighted by atomic mass is 79.9. The highest BCUT2D eigenvalue weighted by Gasteiger charge is 2.26. The molecule has 0 unspecified atom stereocenters. The molecule has 0 bridgehead atoms. The van der Waals surface area contributed by atoms with Crippen LogP contribution < -0.4 is 5.32 Å². The molecule has 0 atom stereocenters. The lowest BCUT2D eigenvalue weighted by molar-refractivity contribution is -0.117. The summed E-state index contributed by atoms with van der Waals surface area (Å²) in [6.45, 7) is 3.97. The Labute approximate surface area is 180 Å². The average Bonchev–Trinajstić information content (AvgIpc) is 2.70. The van der Waals surface area contributed by atoms with Gasteiger partial charge in [0.25, 0.3) is 0 Å². The number of aryl methyl sites for hydroxylation is 1. The van der Waals surface area contributed by atoms with E-state index in [0.29, 0.717) is 26.2 Å². The number of nitrogens with one attached hydrogen (secondary N) is 1. The van der Waals surface area contributed by atoms with Crippen LogP contribution in [0.2, 0.25) is 0 Å². The fourth-order valence-corrected chi connectivity index (χ4v) is 4.84. The third-order valence-electron chi connectivity index (χ3n) is 4.69. The lowest BCUT2D eigenvalue weighted by atomic mass is 10.2. The number of carbonyl (C=O) groups is 1. The van der Waals surface area contributed by atoms with E-state index in [-0.39, 0.29) is 12.5 Å². The molecule has 0 spiro atoms. The summed E-state index contributed by atoms with van der Waals surface area (Å²) in [5.41, 5.74) is 2.68. The predicted octanol–water partition coefficient (Wildman–Crippen LogP) is 3.31. The van der Waals surface area contributed by atoms with Crippen molar-refractivity contribution in [2.75, 3.05) is 38.0 Å². The first-order valence-electron chi connectivity index (χ1n) is 9.35. The van der Waals surface area contributed by atoms with Crippen LogP contribution >= 0.6 is 15.9 Å². The first-order chi connectivity index (χ1) is 13.8. The van der Waals surface area contributed by atoms with E-state index in [2.05, 4.69) is 21.2 Å². The minimum atomic E-state index is -3.47. The lowest BCUT2D eigenvalue weighted by Gasteiger charge is -2.32. The lowest BCUT2D eigenvalue weighted by Crippen LogP contribution is -2.49. The van der Waals surface area contributed by atoms with Gasteiger partial charge in [-0.05, 0) is 52.2 Å². The Bertz CT molecular complexity index is 985. The number of halogens is 1. The minimum Gasteiger partial charge on any atom is -0.324 e. The first kappa shape index (κ1) is 21.7. The number of hydrogen-bond donors (Lipinski definition) is 1. The first-order valence-corrected chi connectivity index (χ1v) is 11.6. The van der Waals surface area contributed by atoms with Gasteiger partial charge in [-0.1, -0.05) is 36.4 Å². The minimum absolute atomic E-state index is 0.116. The number of carbonyl (C=O) groups excluding carboxylic acids is 1. The van der Waals surface area contributed by atoms with E-state index in [0.717, 1.165) is 21.3 Å². The van der Waals surface area contributed by atoms with Crippen molar-refractivity contribution < 1.29 is 13.2 Å². The van der Waals surface area contributed by atoms with Crippen LogP contribution in [0.15, 0.2) is 58.4 Å². The summed E-state index contributed by atoms with van der Waals surface area (Å²) in [4.78, 5) is 14.3. The molecule has 1 aliphatic rings. The molecule has 1 fully saturated rings. The highest BCUT2D eigenvalue weighted by Crippen LogP contribution is 2.23. The fraction of sp³-hybridized carbons (Fsp3) is 0.286. The second kappa shape index (κ2) is 9.67. The fourth-order valence-electron chi connectivity index (χ4n) is 3.07. The third-order valence-corrected chi connectivity index (χ3v) is 6.91. The van der Waals surface area contributed by atoms with E-state index >= 15 is 0 Å². The molecule has 154 valence electrons. The van der Waals surface area contributed by atoms with Gasteiger partial charge in [-0.2, -0.15) is 4.31 Å². The van der Waals surface area contributed by atoms with Gasteiger partial charge >= 0.3 is 0 Å². The summed E-state index contributed by atoms with van der Waals surface area (Å²) in [6.07, 6.45) is 1.61. The zero-order valence-electron chi connectivity index (χ0n) is 16.2. The van der Waals surface area contributed by atoms with Gasteiger partial charge in [-0.25, -0.2) is 8.42 Å². The van der Waals surface area contributed by atoms with E-state index in [4.69, 9.17) is 0 Å². The van der Waals surface area contributed by atoms with Crippen molar-refractivity contribution >= 4 is 43.6 Å². The summed E-state index contributed by atoms with van der Waals surface area (Å²) in [7, 11) is -3.47. The third kappa shape index (κ3) is 6.24. The Morgan fingerprint density at radius 3 is 2.45 bits per heavy atom. The van der Waals surface area contributed by atoms with Crippen LogP contribution in [0.4, 0.5) is 5.69 Å². The molecule has 8 heteroatoms. The van der Waals surface area contributed by atoms with E-state index in [1.807, 2.05) is 60.4 Å². The largest absolute Gasteiger partial charge is 0.324 e. The summed E-state index contributed by atoms with van der Waals surface area (Å²) in [5, 5.41) is 4.14. The Kier molecular flexibility index (Phi) is 7.23. The summed E-state index contributed by atoms with van der Waals surface area (Å²) < 4.78 is 27.4. The molecule has 1 saturated heterocycles. The van der Waals surface area contributed by atoms with Crippen LogP contribution in [0.25, 0.3) is 6.08 Å². The maximum absolute atomic E-state index is 12.5. The standard InChI is InChI=1S/C21H24BrN3O3S/c1-17-7-8-20(19(22)15-17)23-21(26)16-24-10-12-25(13-11-24)29(27,28)14-9-18-5-3-2-4-6-18/h2-9,14-15H,10-13,16H2,1H3,(H,23,26)/b14-9+. The highest BCUT2D eigenvalue weighted by molar-refractivity contribution is 9.10. The van der Waals surface area contributed by atoms with Crippen molar-refractivity contribution in [3.8, 4) is 0 Å². The molecule has 0 aliphatic carbocycles. The van der Waals surface area contributed by atoms with Crippen molar-refractivity contribution in [3.05, 3.63) is 69.5 Å². The summed E-state index contributed by atoms with van der Waals surface area (Å²) >= 11 is 3.45. The summed E-state index contributed by atoms with van der Waals surface area (Å²) in [5.74, 6) is -0.116. The van der Waals surface area contributed by atoms with Crippen LogP contribution in [0.3, 0.4) is 0 Å². The number of sulfonamides is 1. The number of anilines is 1. The SMILES string of the molecule is Cc1ccc(NC(=O)CN2CCN(S(=O)(=O)/C=C/c3ccccc3)CC2)c(Br)c1. The Balaban J connectivity index is 1.50. The van der Waals surface area contributed by atoms with Gasteiger partial charge in [-0.3, -0.25) is 9.69 Å². The molecule has 1 aliphatic heterocycles. The number of benzene rings is 2. The number of nitrogens with zero attached hydrogens (tertiary/aromatic N) is 2. The monoisotopic (exact) mass is 477 g/mol. The summed E-state index contributed by atoms with van der Waals surface area (Å²) in [6, 6.07) is 15.1. The molecule has 29 heavy (non-hydrogen) atoms. The zero-order valence-corrected chi connectivity index (χ0v) is 18.6. The van der Waals surface area contributed by atoms with E-state index in [1.165, 1.54) is 9.71 Å². The zero-order chi connectivity index (χ0) is 20.9. The maximum atomic E-state index is 12.5. The van der Waals surface area contributed by atoms with Gasteiger partial charge in [0.05, 0.1) is 12.2 Å². The van der Waals surface area contributed by atoms with Gasteiger partial charge in [0.1, 0.15) is 0 Å². The average molecular weight is 478 g/mol. The normalized spacial score (nSPS) is 16.2. The molecule has 1 N–H and O–H groups in total. The van der Waals surface area contributed by atoms with Crippen molar-refractivity contribution in [2.24, 2.45) is 0 Å². The molecule has 0 aromatic heterocycles. The molecule has 6 nitrogen and oxygen atoms in total. The van der Waals surface area contributed by atoms with Gasteiger partial charge in [0.15, 0.2) is 0 Å². The number of piperazine rings is 1. The number of hydrogen-bond acceptors (Lipinski definition) is 4. The van der Waals surface area contributed by atoms with Crippen LogP contribution in [-0.4, -0.2) is 56.3 Å². The van der Waals surface area contributed by atoms with Crippen molar-refractivity contribution in [1.82, 2.24) is 9.21 Å². The van der Waals surface area contributed by atoms with Crippen molar-refractivity contribution in [2.45, 2.75) is 6.92 Å². The number of rotatable bonds is 6. The molecule has 3 rings (SSSR count). The van der Waals surface area contributed by atoms with Gasteiger partial charge in [0, 0.05) is 36.1 Å². The van der Waals surface area contributed by atoms with Gasteiger partial charge in [-0.15, -0.1) is 0 Å². The van der Waals surface area contributed by atoms with E-state index in [1.54, 1.807) is 6.08 Å². The Hall–Kier alpha value is -2.00. The van der Waals surface area contributed by atoms with Crippen molar-refractivity contribution in [1.29, 1.82) is 0 Å². The van der Waals surface area contributed by atoms with E-state index in [9.17, 15) is 13.2 Å². The molecule has 2 aromatic carbocycles.